The summed E-state index contributed by atoms with van der Waals surface area (Å²) >= 11 is 0. The number of carbonyl (C=O) groups excluding carboxylic acids is 1. The molecule has 5 nitrogen and oxygen atoms in total. The van der Waals surface area contributed by atoms with Gasteiger partial charge in [0.05, 0.1) is 18.3 Å². The zero-order chi connectivity index (χ0) is 11.3. The Morgan fingerprint density at radius 3 is 3.00 bits per heavy atom. The number of nitrogens with one attached hydrogen (secondary N) is 2. The van der Waals surface area contributed by atoms with Crippen molar-refractivity contribution in [1.82, 2.24) is 15.5 Å². The summed E-state index contributed by atoms with van der Waals surface area (Å²) in [5, 5.41) is 17.9. The largest absolute Gasteiger partial charge is 0.348 e. The molecule has 1 aromatic rings. The maximum absolute atomic E-state index is 11.5. The molecule has 0 bridgehead atoms. The molecule has 2 N–H and O–H groups in total. The first-order valence-electron chi connectivity index (χ1n) is 4.87. The third-order valence-electron chi connectivity index (χ3n) is 2.26. The second-order valence-corrected chi connectivity index (χ2v) is 3.35. The predicted molar refractivity (Wildman–Crippen MR) is 54.5 cm³/mol. The standard InChI is InChI=1S/C10H14N4O/c1-3-8(4-11)10(15)14-7(2)9-5-12-13-6-9/h5-8H,3H2,1-2H3,(H,12,13)(H,14,15). The molecule has 80 valence electrons. The fraction of sp³-hybridized carbons (Fsp3) is 0.500. The third-order valence-corrected chi connectivity index (χ3v) is 2.26. The van der Waals surface area contributed by atoms with E-state index >= 15 is 0 Å². The van der Waals surface area contributed by atoms with Crippen molar-refractivity contribution in [3.05, 3.63) is 18.0 Å². The van der Waals surface area contributed by atoms with E-state index < -0.39 is 5.92 Å². The summed E-state index contributed by atoms with van der Waals surface area (Å²) in [7, 11) is 0. The number of H-pyrrole nitrogens is 1. The molecule has 0 saturated carbocycles. The first-order valence-corrected chi connectivity index (χ1v) is 4.87. The van der Waals surface area contributed by atoms with Crippen molar-refractivity contribution >= 4 is 5.91 Å². The third kappa shape index (κ3) is 2.81. The molecule has 5 heteroatoms. The topological polar surface area (TPSA) is 81.6 Å². The number of hydrogen-bond donors (Lipinski definition) is 2. The summed E-state index contributed by atoms with van der Waals surface area (Å²) in [4.78, 5) is 11.5. The molecular formula is C10H14N4O. The van der Waals surface area contributed by atoms with Crippen LogP contribution in [0.5, 0.6) is 0 Å². The molecule has 0 radical (unpaired) electrons. The number of nitriles is 1. The highest BCUT2D eigenvalue weighted by Crippen LogP contribution is 2.11. The molecule has 0 saturated heterocycles. The maximum atomic E-state index is 11.5. The fourth-order valence-electron chi connectivity index (χ4n) is 1.23. The van der Waals surface area contributed by atoms with Crippen LogP contribution in [0.4, 0.5) is 0 Å². The van der Waals surface area contributed by atoms with Crippen LogP contribution < -0.4 is 5.32 Å². The van der Waals surface area contributed by atoms with E-state index in [2.05, 4.69) is 15.5 Å². The van der Waals surface area contributed by atoms with Crippen molar-refractivity contribution in [3.63, 3.8) is 0 Å². The Kier molecular flexibility index (Phi) is 3.86. The molecule has 0 spiro atoms. The quantitative estimate of drug-likeness (QED) is 0.774. The van der Waals surface area contributed by atoms with Gasteiger partial charge in [-0.25, -0.2) is 0 Å². The highest BCUT2D eigenvalue weighted by Gasteiger charge is 2.18. The Bertz CT molecular complexity index is 352. The lowest BCUT2D eigenvalue weighted by atomic mass is 10.1. The van der Waals surface area contributed by atoms with Crippen LogP contribution in [0.25, 0.3) is 0 Å². The van der Waals surface area contributed by atoms with Gasteiger partial charge in [0.15, 0.2) is 0 Å². The van der Waals surface area contributed by atoms with E-state index in [1.54, 1.807) is 12.4 Å². The fourth-order valence-corrected chi connectivity index (χ4v) is 1.23. The van der Waals surface area contributed by atoms with Gasteiger partial charge in [-0.05, 0) is 13.3 Å². The first kappa shape index (κ1) is 11.2. The van der Waals surface area contributed by atoms with E-state index in [1.165, 1.54) is 0 Å². The summed E-state index contributed by atoms with van der Waals surface area (Å²) in [5.74, 6) is -0.798. The van der Waals surface area contributed by atoms with Gasteiger partial charge in [0.2, 0.25) is 5.91 Å². The summed E-state index contributed by atoms with van der Waals surface area (Å²) < 4.78 is 0. The molecule has 15 heavy (non-hydrogen) atoms. The Labute approximate surface area is 88.5 Å². The maximum Gasteiger partial charge on any atom is 0.237 e. The zero-order valence-corrected chi connectivity index (χ0v) is 8.82. The van der Waals surface area contributed by atoms with Gasteiger partial charge in [-0.3, -0.25) is 9.89 Å². The zero-order valence-electron chi connectivity index (χ0n) is 8.82. The summed E-state index contributed by atoms with van der Waals surface area (Å²) in [6, 6.07) is 1.84. The van der Waals surface area contributed by atoms with E-state index in [4.69, 9.17) is 5.26 Å². The molecule has 2 atom stereocenters. The molecule has 0 aliphatic heterocycles. The van der Waals surface area contributed by atoms with E-state index in [0.717, 1.165) is 5.56 Å². The summed E-state index contributed by atoms with van der Waals surface area (Å²) in [6.07, 6.45) is 3.90. The second-order valence-electron chi connectivity index (χ2n) is 3.35. The first-order chi connectivity index (χ1) is 7.19. The normalized spacial score (nSPS) is 13.9. The molecule has 1 aromatic heterocycles. The van der Waals surface area contributed by atoms with Crippen molar-refractivity contribution in [2.45, 2.75) is 26.3 Å². The minimum Gasteiger partial charge on any atom is -0.348 e. The molecule has 0 aliphatic rings. The van der Waals surface area contributed by atoms with E-state index in [9.17, 15) is 4.79 Å². The van der Waals surface area contributed by atoms with Gasteiger partial charge in [-0.15, -0.1) is 0 Å². The van der Waals surface area contributed by atoms with Crippen LogP contribution in [0.3, 0.4) is 0 Å². The van der Waals surface area contributed by atoms with E-state index in [1.807, 2.05) is 19.9 Å². The van der Waals surface area contributed by atoms with Gasteiger partial charge >= 0.3 is 0 Å². The number of amides is 1. The lowest BCUT2D eigenvalue weighted by Gasteiger charge is -2.13. The average Bonchev–Trinajstić information content (AvgIpc) is 2.72. The number of nitrogens with zero attached hydrogens (tertiary/aromatic N) is 2. The van der Waals surface area contributed by atoms with Crippen LogP contribution in [0.15, 0.2) is 12.4 Å². The minimum atomic E-state index is -0.570. The van der Waals surface area contributed by atoms with Crippen LogP contribution in [-0.4, -0.2) is 16.1 Å². The molecule has 1 amide bonds. The Morgan fingerprint density at radius 2 is 2.53 bits per heavy atom. The summed E-state index contributed by atoms with van der Waals surface area (Å²) in [6.45, 7) is 3.67. The van der Waals surface area contributed by atoms with Gasteiger partial charge in [0.25, 0.3) is 0 Å². The highest BCUT2D eigenvalue weighted by molar-refractivity contribution is 5.81. The molecule has 2 unspecified atom stereocenters. The Morgan fingerprint density at radius 1 is 1.80 bits per heavy atom. The second kappa shape index (κ2) is 5.15. The van der Waals surface area contributed by atoms with Gasteiger partial charge in [-0.1, -0.05) is 6.92 Å². The predicted octanol–water partition coefficient (Wildman–Crippen LogP) is 1.14. The van der Waals surface area contributed by atoms with Crippen LogP contribution in [0, 0.1) is 17.2 Å². The van der Waals surface area contributed by atoms with Crippen molar-refractivity contribution in [2.24, 2.45) is 5.92 Å². The van der Waals surface area contributed by atoms with Crippen LogP contribution in [-0.2, 0) is 4.79 Å². The molecule has 0 aromatic carbocycles. The summed E-state index contributed by atoms with van der Waals surface area (Å²) in [5.41, 5.74) is 0.899. The van der Waals surface area contributed by atoms with Crippen LogP contribution in [0.1, 0.15) is 31.9 Å². The minimum absolute atomic E-state index is 0.126. The monoisotopic (exact) mass is 206 g/mol. The van der Waals surface area contributed by atoms with Gasteiger partial charge in [0.1, 0.15) is 5.92 Å². The Balaban J connectivity index is 2.56. The van der Waals surface area contributed by atoms with Crippen molar-refractivity contribution in [1.29, 1.82) is 5.26 Å². The highest BCUT2D eigenvalue weighted by atomic mass is 16.1. The van der Waals surface area contributed by atoms with E-state index in [-0.39, 0.29) is 11.9 Å². The number of rotatable bonds is 4. The number of aromatic amines is 1. The molecule has 0 fully saturated rings. The van der Waals surface area contributed by atoms with Crippen LogP contribution in [0.2, 0.25) is 0 Å². The average molecular weight is 206 g/mol. The molecular weight excluding hydrogens is 192 g/mol. The number of aromatic nitrogens is 2. The van der Waals surface area contributed by atoms with Crippen molar-refractivity contribution in [2.75, 3.05) is 0 Å². The smallest absolute Gasteiger partial charge is 0.237 e. The van der Waals surface area contributed by atoms with Gasteiger partial charge in [0, 0.05) is 11.8 Å². The van der Waals surface area contributed by atoms with Gasteiger partial charge < -0.3 is 5.32 Å². The molecule has 1 heterocycles. The number of hydrogen-bond acceptors (Lipinski definition) is 3. The van der Waals surface area contributed by atoms with Gasteiger partial charge in [-0.2, -0.15) is 10.4 Å². The molecule has 0 aliphatic carbocycles. The van der Waals surface area contributed by atoms with Crippen molar-refractivity contribution < 1.29 is 4.79 Å². The lowest BCUT2D eigenvalue weighted by molar-refractivity contribution is -0.124. The van der Waals surface area contributed by atoms with E-state index in [0.29, 0.717) is 6.42 Å². The number of carbonyl (C=O) groups is 1. The lowest BCUT2D eigenvalue weighted by Crippen LogP contribution is -2.31. The van der Waals surface area contributed by atoms with Crippen molar-refractivity contribution in [3.8, 4) is 6.07 Å². The van der Waals surface area contributed by atoms with Crippen LogP contribution >= 0.6 is 0 Å². The SMILES string of the molecule is CCC(C#N)C(=O)NC(C)c1cn[nH]c1. The Hall–Kier alpha value is -1.83. The molecule has 1 rings (SSSR count).